The summed E-state index contributed by atoms with van der Waals surface area (Å²) in [6.07, 6.45) is 2.37. The molecule has 0 bridgehead atoms. The van der Waals surface area contributed by atoms with Crippen LogP contribution in [0.4, 0.5) is 0 Å². The maximum Gasteiger partial charge on any atom is 0.142 e. The fourth-order valence-electron chi connectivity index (χ4n) is 1.71. The van der Waals surface area contributed by atoms with Gasteiger partial charge in [0, 0.05) is 5.56 Å². The van der Waals surface area contributed by atoms with Gasteiger partial charge in [0.1, 0.15) is 5.84 Å². The van der Waals surface area contributed by atoms with Gasteiger partial charge in [-0.15, -0.1) is 0 Å². The molecule has 3 nitrogen and oxygen atoms in total. The van der Waals surface area contributed by atoms with Crippen LogP contribution in [0, 0.1) is 0 Å². The summed E-state index contributed by atoms with van der Waals surface area (Å²) < 4.78 is 0. The monoisotopic (exact) mass is 231 g/mol. The molecule has 1 aliphatic carbocycles. The number of hydrazine groups is 1. The lowest BCUT2D eigenvalue weighted by Crippen LogP contribution is -2.31. The summed E-state index contributed by atoms with van der Waals surface area (Å²) in [7, 11) is 0. The van der Waals surface area contributed by atoms with Crippen molar-refractivity contribution in [3.8, 4) is 0 Å². The molecule has 0 unspecified atom stereocenters. The fraction of sp³-hybridized carbons (Fsp3) is 0.500. The van der Waals surface area contributed by atoms with Gasteiger partial charge in [-0.2, -0.15) is 0 Å². The van der Waals surface area contributed by atoms with Gasteiger partial charge >= 0.3 is 0 Å². The molecule has 0 saturated heterocycles. The molecule has 92 valence electrons. The highest BCUT2D eigenvalue weighted by Crippen LogP contribution is 2.25. The number of benzene rings is 1. The Morgan fingerprint density at radius 1 is 1.24 bits per heavy atom. The second-order valence-corrected chi connectivity index (χ2v) is 5.68. The van der Waals surface area contributed by atoms with E-state index in [1.54, 1.807) is 0 Å². The van der Waals surface area contributed by atoms with E-state index in [1.807, 2.05) is 0 Å². The number of hydrogen-bond acceptors (Lipinski definition) is 2. The second kappa shape index (κ2) is 4.49. The van der Waals surface area contributed by atoms with E-state index in [0.29, 0.717) is 6.04 Å². The van der Waals surface area contributed by atoms with Crippen molar-refractivity contribution in [1.29, 1.82) is 0 Å². The van der Waals surface area contributed by atoms with Crippen molar-refractivity contribution in [2.24, 2.45) is 10.8 Å². The molecule has 1 fully saturated rings. The molecule has 1 aromatic carbocycles. The number of nitrogens with one attached hydrogen (secondary N) is 1. The lowest BCUT2D eigenvalue weighted by Gasteiger charge is -2.19. The highest BCUT2D eigenvalue weighted by molar-refractivity contribution is 5.98. The third kappa shape index (κ3) is 3.07. The predicted octanol–water partition coefficient (Wildman–Crippen LogP) is 2.36. The van der Waals surface area contributed by atoms with Gasteiger partial charge in [-0.1, -0.05) is 45.0 Å². The van der Waals surface area contributed by atoms with E-state index in [0.717, 1.165) is 11.4 Å². The van der Waals surface area contributed by atoms with Crippen LogP contribution < -0.4 is 11.3 Å². The van der Waals surface area contributed by atoms with Gasteiger partial charge in [0.05, 0.1) is 6.04 Å². The first kappa shape index (κ1) is 12.1. The van der Waals surface area contributed by atoms with Crippen LogP contribution in [0.15, 0.2) is 29.3 Å². The zero-order valence-corrected chi connectivity index (χ0v) is 10.8. The first-order valence-electron chi connectivity index (χ1n) is 6.16. The van der Waals surface area contributed by atoms with E-state index in [1.165, 1.54) is 18.4 Å². The number of nitrogens with two attached hydrogens (primary N) is 1. The average Bonchev–Trinajstić information content (AvgIpc) is 3.09. The van der Waals surface area contributed by atoms with E-state index < -0.39 is 0 Å². The van der Waals surface area contributed by atoms with Gasteiger partial charge in [-0.05, 0) is 23.8 Å². The van der Waals surface area contributed by atoms with Crippen molar-refractivity contribution >= 4 is 5.84 Å². The van der Waals surface area contributed by atoms with Crippen molar-refractivity contribution in [3.63, 3.8) is 0 Å². The van der Waals surface area contributed by atoms with Crippen LogP contribution in [0.1, 0.15) is 44.7 Å². The summed E-state index contributed by atoms with van der Waals surface area (Å²) in [4.78, 5) is 4.55. The van der Waals surface area contributed by atoms with E-state index in [2.05, 4.69) is 55.5 Å². The van der Waals surface area contributed by atoms with Gasteiger partial charge in [0.15, 0.2) is 0 Å². The second-order valence-electron chi connectivity index (χ2n) is 5.68. The molecule has 1 saturated carbocycles. The standard InChI is InChI=1S/C14H21N3/c1-14(2,3)11-6-4-10(5-7-11)13(17-15)16-12-8-9-12/h4-7,12H,8-9,15H2,1-3H3,(H,16,17). The van der Waals surface area contributed by atoms with Crippen LogP contribution in [-0.2, 0) is 5.41 Å². The van der Waals surface area contributed by atoms with Crippen LogP contribution in [-0.4, -0.2) is 11.9 Å². The maximum absolute atomic E-state index is 5.52. The predicted molar refractivity (Wildman–Crippen MR) is 72.0 cm³/mol. The molecular weight excluding hydrogens is 210 g/mol. The highest BCUT2D eigenvalue weighted by Gasteiger charge is 2.21. The summed E-state index contributed by atoms with van der Waals surface area (Å²) in [6, 6.07) is 8.94. The van der Waals surface area contributed by atoms with E-state index >= 15 is 0 Å². The van der Waals surface area contributed by atoms with Crippen LogP contribution in [0.5, 0.6) is 0 Å². The molecule has 0 aromatic heterocycles. The number of amidine groups is 1. The molecule has 3 heteroatoms. The minimum Gasteiger partial charge on any atom is -0.308 e. The Morgan fingerprint density at radius 2 is 1.82 bits per heavy atom. The molecule has 0 amide bonds. The Morgan fingerprint density at radius 3 is 2.24 bits per heavy atom. The van der Waals surface area contributed by atoms with E-state index in [9.17, 15) is 0 Å². The Bertz CT molecular complexity index is 408. The topological polar surface area (TPSA) is 50.4 Å². The summed E-state index contributed by atoms with van der Waals surface area (Å²) in [5, 5.41) is 0. The molecule has 1 aromatic rings. The molecule has 2 rings (SSSR count). The molecule has 0 aliphatic heterocycles. The summed E-state index contributed by atoms with van der Waals surface area (Å²) in [5.41, 5.74) is 5.27. The Hall–Kier alpha value is -1.35. The number of aliphatic imine (C=N–C) groups is 1. The summed E-state index contributed by atoms with van der Waals surface area (Å²) >= 11 is 0. The normalized spacial score (nSPS) is 17.1. The quantitative estimate of drug-likeness (QED) is 0.355. The third-order valence-corrected chi connectivity index (χ3v) is 3.02. The first-order chi connectivity index (χ1) is 8.00. The van der Waals surface area contributed by atoms with Gasteiger partial charge < -0.3 is 5.43 Å². The molecular formula is C14H21N3. The lowest BCUT2D eigenvalue weighted by atomic mass is 9.86. The van der Waals surface area contributed by atoms with Crippen LogP contribution in [0.3, 0.4) is 0 Å². The molecule has 0 radical (unpaired) electrons. The zero-order chi connectivity index (χ0) is 12.5. The molecule has 0 heterocycles. The van der Waals surface area contributed by atoms with Gasteiger partial charge in [-0.25, -0.2) is 5.84 Å². The zero-order valence-electron chi connectivity index (χ0n) is 10.8. The fourth-order valence-corrected chi connectivity index (χ4v) is 1.71. The molecule has 0 spiro atoms. The average molecular weight is 231 g/mol. The largest absolute Gasteiger partial charge is 0.308 e. The first-order valence-corrected chi connectivity index (χ1v) is 6.16. The Balaban J connectivity index is 2.21. The third-order valence-electron chi connectivity index (χ3n) is 3.02. The highest BCUT2D eigenvalue weighted by atomic mass is 15.3. The van der Waals surface area contributed by atoms with Crippen molar-refractivity contribution in [3.05, 3.63) is 35.4 Å². The minimum absolute atomic E-state index is 0.183. The SMILES string of the molecule is CC(C)(C)c1ccc(C(=NC2CC2)NN)cc1. The van der Waals surface area contributed by atoms with Gasteiger partial charge in [0.2, 0.25) is 0 Å². The van der Waals surface area contributed by atoms with Crippen molar-refractivity contribution in [2.75, 3.05) is 0 Å². The Kier molecular flexibility index (Phi) is 3.20. The van der Waals surface area contributed by atoms with Crippen molar-refractivity contribution < 1.29 is 0 Å². The number of rotatable bonds is 2. The van der Waals surface area contributed by atoms with Crippen molar-refractivity contribution in [2.45, 2.75) is 45.1 Å². The summed E-state index contributed by atoms with van der Waals surface area (Å²) in [5.74, 6) is 6.32. The van der Waals surface area contributed by atoms with Crippen LogP contribution in [0.25, 0.3) is 0 Å². The van der Waals surface area contributed by atoms with Gasteiger partial charge in [-0.3, -0.25) is 4.99 Å². The minimum atomic E-state index is 0.183. The van der Waals surface area contributed by atoms with Crippen molar-refractivity contribution in [1.82, 2.24) is 5.43 Å². The lowest BCUT2D eigenvalue weighted by molar-refractivity contribution is 0.590. The van der Waals surface area contributed by atoms with E-state index in [4.69, 9.17) is 5.84 Å². The van der Waals surface area contributed by atoms with Gasteiger partial charge in [0.25, 0.3) is 0 Å². The van der Waals surface area contributed by atoms with Crippen LogP contribution >= 0.6 is 0 Å². The summed E-state index contributed by atoms with van der Waals surface area (Å²) in [6.45, 7) is 6.63. The Labute approximate surface area is 103 Å². The molecule has 17 heavy (non-hydrogen) atoms. The molecule has 0 atom stereocenters. The molecule has 1 aliphatic rings. The van der Waals surface area contributed by atoms with E-state index in [-0.39, 0.29) is 5.41 Å². The number of hydrogen-bond donors (Lipinski definition) is 2. The number of nitrogens with zero attached hydrogens (tertiary/aromatic N) is 1. The van der Waals surface area contributed by atoms with Crippen LogP contribution in [0.2, 0.25) is 0 Å². The smallest absolute Gasteiger partial charge is 0.142 e. The maximum atomic E-state index is 5.52. The molecule has 3 N–H and O–H groups in total.